The third-order valence-corrected chi connectivity index (χ3v) is 4.81. The van der Waals surface area contributed by atoms with Crippen molar-refractivity contribution in [2.24, 2.45) is 0 Å². The lowest BCUT2D eigenvalue weighted by atomic mass is 10.1. The van der Waals surface area contributed by atoms with Crippen LogP contribution in [0, 0.1) is 13.8 Å². The molecule has 2 aromatic carbocycles. The Morgan fingerprint density at radius 2 is 1.83 bits per heavy atom. The van der Waals surface area contributed by atoms with Crippen LogP contribution < -0.4 is 19.5 Å². The van der Waals surface area contributed by atoms with Crippen LogP contribution in [-0.4, -0.2) is 29.9 Å². The van der Waals surface area contributed by atoms with Crippen LogP contribution >= 0.6 is 0 Å². The van der Waals surface area contributed by atoms with Crippen LogP contribution in [0.3, 0.4) is 0 Å². The van der Waals surface area contributed by atoms with Crippen LogP contribution in [0.15, 0.2) is 48.7 Å². The predicted octanol–water partition coefficient (Wildman–Crippen LogP) is 4.04. The van der Waals surface area contributed by atoms with E-state index in [1.54, 1.807) is 31.2 Å². The van der Waals surface area contributed by atoms with E-state index in [1.165, 1.54) is 5.56 Å². The summed E-state index contributed by atoms with van der Waals surface area (Å²) in [5, 5.41) is 7.27. The number of aromatic nitrogens is 2. The highest BCUT2D eigenvalue weighted by atomic mass is 16.5. The molecule has 1 atom stereocenters. The fraction of sp³-hybridized carbons (Fsp3) is 0.304. The Labute approximate surface area is 176 Å². The minimum atomic E-state index is -0.292. The van der Waals surface area contributed by atoms with Crippen LogP contribution in [0.5, 0.6) is 17.2 Å². The quantitative estimate of drug-likeness (QED) is 0.608. The highest BCUT2D eigenvalue weighted by Gasteiger charge is 2.18. The number of methoxy groups -OCH3 is 2. The van der Waals surface area contributed by atoms with Crippen molar-refractivity contribution >= 4 is 5.91 Å². The third-order valence-electron chi connectivity index (χ3n) is 4.81. The Morgan fingerprint density at radius 1 is 1.07 bits per heavy atom. The van der Waals surface area contributed by atoms with Crippen LogP contribution in [0.2, 0.25) is 0 Å². The standard InChI is InChI=1S/C23H27N3O4/c1-15-6-8-21(16(2)12-15)30-14-26-11-10-20(25-26)23(27)24-17(3)19-13-18(28-4)7-9-22(19)29-5/h6-13,17H,14H2,1-5H3,(H,24,27). The third kappa shape index (κ3) is 4.92. The molecule has 0 radical (unpaired) electrons. The van der Waals surface area contributed by atoms with Crippen LogP contribution in [0.25, 0.3) is 0 Å². The second-order valence-corrected chi connectivity index (χ2v) is 7.09. The number of ether oxygens (including phenoxy) is 3. The van der Waals surface area contributed by atoms with Gasteiger partial charge in [0.2, 0.25) is 0 Å². The van der Waals surface area contributed by atoms with Gasteiger partial charge in [0.25, 0.3) is 5.91 Å². The first kappa shape index (κ1) is 21.2. The molecule has 1 amide bonds. The number of nitrogens with zero attached hydrogens (tertiary/aromatic N) is 2. The molecule has 3 aromatic rings. The van der Waals surface area contributed by atoms with Crippen molar-refractivity contribution in [1.82, 2.24) is 15.1 Å². The summed E-state index contributed by atoms with van der Waals surface area (Å²) < 4.78 is 18.1. The summed E-state index contributed by atoms with van der Waals surface area (Å²) in [7, 11) is 3.19. The van der Waals surface area contributed by atoms with Crippen molar-refractivity contribution in [2.75, 3.05) is 14.2 Å². The predicted molar refractivity (Wildman–Crippen MR) is 114 cm³/mol. The summed E-state index contributed by atoms with van der Waals surface area (Å²) in [6.45, 7) is 6.14. The van der Waals surface area contributed by atoms with Gasteiger partial charge in [-0.3, -0.25) is 4.79 Å². The summed E-state index contributed by atoms with van der Waals surface area (Å²) in [5.41, 5.74) is 3.37. The number of rotatable bonds is 8. The van der Waals surface area contributed by atoms with E-state index in [0.717, 1.165) is 16.9 Å². The molecule has 7 nitrogen and oxygen atoms in total. The van der Waals surface area contributed by atoms with Crippen molar-refractivity contribution < 1.29 is 19.0 Å². The van der Waals surface area contributed by atoms with Crippen molar-refractivity contribution in [2.45, 2.75) is 33.5 Å². The largest absolute Gasteiger partial charge is 0.497 e. The highest BCUT2D eigenvalue weighted by molar-refractivity contribution is 5.92. The van der Waals surface area contributed by atoms with E-state index >= 15 is 0 Å². The van der Waals surface area contributed by atoms with Gasteiger partial charge in [-0.05, 0) is 56.7 Å². The fourth-order valence-corrected chi connectivity index (χ4v) is 3.18. The molecule has 7 heteroatoms. The van der Waals surface area contributed by atoms with Gasteiger partial charge in [0, 0.05) is 11.8 Å². The lowest BCUT2D eigenvalue weighted by molar-refractivity contribution is 0.0932. The van der Waals surface area contributed by atoms with E-state index in [1.807, 2.05) is 51.1 Å². The topological polar surface area (TPSA) is 74.6 Å². The van der Waals surface area contributed by atoms with Crippen molar-refractivity contribution in [3.63, 3.8) is 0 Å². The molecule has 0 bridgehead atoms. The molecule has 1 heterocycles. The Morgan fingerprint density at radius 3 is 2.53 bits per heavy atom. The lowest BCUT2D eigenvalue weighted by Gasteiger charge is -2.17. The number of carbonyl (C=O) groups is 1. The maximum absolute atomic E-state index is 12.7. The number of hydrogen-bond acceptors (Lipinski definition) is 5. The van der Waals surface area contributed by atoms with Gasteiger partial charge in [-0.15, -0.1) is 0 Å². The van der Waals surface area contributed by atoms with E-state index in [0.29, 0.717) is 17.2 Å². The molecule has 0 aliphatic rings. The van der Waals surface area contributed by atoms with Gasteiger partial charge in [-0.25, -0.2) is 4.68 Å². The van der Waals surface area contributed by atoms with Crippen LogP contribution in [0.1, 0.15) is 40.1 Å². The van der Waals surface area contributed by atoms with Gasteiger partial charge >= 0.3 is 0 Å². The van der Waals surface area contributed by atoms with Gasteiger partial charge in [0.1, 0.15) is 22.9 Å². The van der Waals surface area contributed by atoms with Gasteiger partial charge in [-0.1, -0.05) is 17.7 Å². The first-order valence-corrected chi connectivity index (χ1v) is 9.67. The van der Waals surface area contributed by atoms with Crippen molar-refractivity contribution in [3.05, 3.63) is 71.0 Å². The smallest absolute Gasteiger partial charge is 0.272 e. The lowest BCUT2D eigenvalue weighted by Crippen LogP contribution is -2.27. The number of nitrogens with one attached hydrogen (secondary N) is 1. The second kappa shape index (κ2) is 9.35. The normalized spacial score (nSPS) is 11.6. The monoisotopic (exact) mass is 409 g/mol. The molecule has 0 saturated carbocycles. The molecule has 30 heavy (non-hydrogen) atoms. The number of aryl methyl sites for hydroxylation is 2. The number of benzene rings is 2. The summed E-state index contributed by atoms with van der Waals surface area (Å²) in [6.07, 6.45) is 1.72. The van der Waals surface area contributed by atoms with E-state index in [4.69, 9.17) is 14.2 Å². The van der Waals surface area contributed by atoms with Crippen molar-refractivity contribution in [1.29, 1.82) is 0 Å². The van der Waals surface area contributed by atoms with Gasteiger partial charge in [0.15, 0.2) is 6.73 Å². The molecule has 0 fully saturated rings. The van der Waals surface area contributed by atoms with Gasteiger partial charge in [0.05, 0.1) is 20.3 Å². The van der Waals surface area contributed by atoms with Gasteiger partial charge in [-0.2, -0.15) is 5.10 Å². The Hall–Kier alpha value is -3.48. The Kier molecular flexibility index (Phi) is 6.61. The first-order chi connectivity index (χ1) is 14.4. The summed E-state index contributed by atoms with van der Waals surface area (Å²) in [4.78, 5) is 12.7. The molecule has 1 aromatic heterocycles. The van der Waals surface area contributed by atoms with Gasteiger partial charge < -0.3 is 19.5 Å². The fourth-order valence-electron chi connectivity index (χ4n) is 3.18. The molecule has 0 saturated heterocycles. The Balaban J connectivity index is 1.65. The molecule has 158 valence electrons. The molecular formula is C23H27N3O4. The molecule has 0 aliphatic heterocycles. The number of carbonyl (C=O) groups excluding carboxylic acids is 1. The SMILES string of the molecule is COc1ccc(OC)c(C(C)NC(=O)c2ccn(COc3ccc(C)cc3C)n2)c1. The van der Waals surface area contributed by atoms with E-state index in [-0.39, 0.29) is 18.7 Å². The average Bonchev–Trinajstić information content (AvgIpc) is 3.21. The van der Waals surface area contributed by atoms with E-state index < -0.39 is 0 Å². The molecule has 0 aliphatic carbocycles. The first-order valence-electron chi connectivity index (χ1n) is 9.67. The van der Waals surface area contributed by atoms with Crippen LogP contribution in [0.4, 0.5) is 0 Å². The van der Waals surface area contributed by atoms with Crippen LogP contribution in [-0.2, 0) is 6.73 Å². The summed E-state index contributed by atoms with van der Waals surface area (Å²) >= 11 is 0. The van der Waals surface area contributed by atoms with E-state index in [2.05, 4.69) is 16.5 Å². The molecular weight excluding hydrogens is 382 g/mol. The molecule has 3 rings (SSSR count). The summed E-state index contributed by atoms with van der Waals surface area (Å²) in [5.74, 6) is 1.88. The molecule has 1 N–H and O–H groups in total. The molecule has 0 spiro atoms. The Bertz CT molecular complexity index is 1030. The number of amides is 1. The zero-order valence-electron chi connectivity index (χ0n) is 17.9. The zero-order valence-corrected chi connectivity index (χ0v) is 17.9. The highest BCUT2D eigenvalue weighted by Crippen LogP contribution is 2.29. The van der Waals surface area contributed by atoms with Crippen molar-refractivity contribution in [3.8, 4) is 17.2 Å². The maximum atomic E-state index is 12.7. The minimum absolute atomic E-state index is 0.219. The van der Waals surface area contributed by atoms with E-state index in [9.17, 15) is 4.79 Å². The maximum Gasteiger partial charge on any atom is 0.272 e. The second-order valence-electron chi connectivity index (χ2n) is 7.09. The average molecular weight is 409 g/mol. The minimum Gasteiger partial charge on any atom is -0.497 e. The molecule has 1 unspecified atom stereocenters. The number of hydrogen-bond donors (Lipinski definition) is 1. The summed E-state index contributed by atoms with van der Waals surface area (Å²) in [6, 6.07) is 12.8. The zero-order chi connectivity index (χ0) is 21.7.